The van der Waals surface area contributed by atoms with E-state index in [1.54, 1.807) is 0 Å². The molecule has 1 heterocycles. The van der Waals surface area contributed by atoms with Crippen LogP contribution in [0.1, 0.15) is 30.2 Å². The Hall–Kier alpha value is -0.760. The molecule has 1 N–H and O–H groups in total. The van der Waals surface area contributed by atoms with E-state index in [0.29, 0.717) is 11.5 Å². The van der Waals surface area contributed by atoms with E-state index in [9.17, 15) is 0 Å². The third-order valence-electron chi connectivity index (χ3n) is 3.40. The topological polar surface area (TPSA) is 25.2 Å². The highest BCUT2D eigenvalue weighted by molar-refractivity contribution is 5.34. The van der Waals surface area contributed by atoms with Crippen LogP contribution in [0.2, 0.25) is 0 Å². The minimum atomic E-state index is 0.546. The molecule has 1 aromatic rings. The van der Waals surface area contributed by atoms with Gasteiger partial charge in [0.05, 0.1) is 6.26 Å². The van der Waals surface area contributed by atoms with E-state index in [0.717, 1.165) is 6.42 Å². The number of fused-ring (bicyclic) bond motifs is 1. The third-order valence-corrected chi connectivity index (χ3v) is 3.40. The summed E-state index contributed by atoms with van der Waals surface area (Å²) in [6.45, 7) is 0. The van der Waals surface area contributed by atoms with Crippen LogP contribution in [0.4, 0.5) is 0 Å². The number of furan rings is 1. The number of hydrogen-bond donors (Lipinski definition) is 1. The minimum absolute atomic E-state index is 0.546. The summed E-state index contributed by atoms with van der Waals surface area (Å²) >= 11 is 0. The summed E-state index contributed by atoms with van der Waals surface area (Å²) in [6.07, 6.45) is 5.69. The molecule has 2 aliphatic rings. The standard InChI is InChI=1S/C10H13NO/c1-11-9-7-2-5-12-8(7)6-10(9)3-4-10/h2,5,9,11H,3-4,6H2,1H3. The number of nitrogens with one attached hydrogen (secondary N) is 1. The Bertz CT molecular complexity index is 311. The van der Waals surface area contributed by atoms with Crippen LogP contribution in [0, 0.1) is 5.41 Å². The lowest BCUT2D eigenvalue weighted by atomic mass is 9.98. The fourth-order valence-corrected chi connectivity index (χ4v) is 2.59. The van der Waals surface area contributed by atoms with Gasteiger partial charge in [-0.15, -0.1) is 0 Å². The van der Waals surface area contributed by atoms with Gasteiger partial charge in [0.25, 0.3) is 0 Å². The van der Waals surface area contributed by atoms with Crippen molar-refractivity contribution in [3.8, 4) is 0 Å². The summed E-state index contributed by atoms with van der Waals surface area (Å²) in [5, 5.41) is 3.40. The molecule has 0 amide bonds. The molecule has 0 aliphatic heterocycles. The van der Waals surface area contributed by atoms with Crippen molar-refractivity contribution in [2.45, 2.75) is 25.3 Å². The minimum Gasteiger partial charge on any atom is -0.469 e. The summed E-state index contributed by atoms with van der Waals surface area (Å²) in [7, 11) is 2.05. The van der Waals surface area contributed by atoms with E-state index in [1.165, 1.54) is 24.2 Å². The second-order valence-electron chi connectivity index (χ2n) is 4.06. The first-order chi connectivity index (χ1) is 5.86. The summed E-state index contributed by atoms with van der Waals surface area (Å²) in [5.41, 5.74) is 1.94. The van der Waals surface area contributed by atoms with Crippen LogP contribution in [0.5, 0.6) is 0 Å². The Morgan fingerprint density at radius 3 is 3.08 bits per heavy atom. The van der Waals surface area contributed by atoms with Gasteiger partial charge in [0.2, 0.25) is 0 Å². The van der Waals surface area contributed by atoms with Crippen molar-refractivity contribution in [3.63, 3.8) is 0 Å². The SMILES string of the molecule is CNC1c2ccoc2CC12CC2. The molecule has 0 saturated heterocycles. The van der Waals surface area contributed by atoms with Gasteiger partial charge < -0.3 is 9.73 Å². The molecule has 2 aliphatic carbocycles. The monoisotopic (exact) mass is 163 g/mol. The molecule has 1 atom stereocenters. The van der Waals surface area contributed by atoms with Crippen LogP contribution in [-0.4, -0.2) is 7.05 Å². The van der Waals surface area contributed by atoms with Gasteiger partial charge in [-0.1, -0.05) is 0 Å². The third kappa shape index (κ3) is 0.643. The second kappa shape index (κ2) is 1.94. The Kier molecular flexibility index (Phi) is 1.09. The normalized spacial score (nSPS) is 29.2. The lowest BCUT2D eigenvalue weighted by Gasteiger charge is -2.17. The van der Waals surface area contributed by atoms with Crippen LogP contribution in [0.15, 0.2) is 16.7 Å². The average Bonchev–Trinajstić information content (AvgIpc) is 2.53. The Labute approximate surface area is 72.0 Å². The molecule has 1 spiro atoms. The molecular formula is C10H13NO. The molecule has 0 aromatic carbocycles. The van der Waals surface area contributed by atoms with Gasteiger partial charge in [0.1, 0.15) is 5.76 Å². The molecule has 12 heavy (non-hydrogen) atoms. The van der Waals surface area contributed by atoms with E-state index in [4.69, 9.17) is 4.42 Å². The first kappa shape index (κ1) is 6.72. The molecule has 1 aromatic heterocycles. The molecule has 0 radical (unpaired) electrons. The Morgan fingerprint density at radius 1 is 1.58 bits per heavy atom. The van der Waals surface area contributed by atoms with Crippen molar-refractivity contribution in [1.29, 1.82) is 0 Å². The second-order valence-corrected chi connectivity index (χ2v) is 4.06. The lowest BCUT2D eigenvalue weighted by Crippen LogP contribution is -2.22. The van der Waals surface area contributed by atoms with Crippen LogP contribution < -0.4 is 5.32 Å². The molecule has 2 heteroatoms. The molecular weight excluding hydrogens is 150 g/mol. The van der Waals surface area contributed by atoms with Gasteiger partial charge in [0, 0.05) is 18.0 Å². The smallest absolute Gasteiger partial charge is 0.109 e. The fraction of sp³-hybridized carbons (Fsp3) is 0.600. The maximum absolute atomic E-state index is 5.44. The van der Waals surface area contributed by atoms with E-state index in [-0.39, 0.29) is 0 Å². The lowest BCUT2D eigenvalue weighted by molar-refractivity contribution is 0.375. The van der Waals surface area contributed by atoms with Gasteiger partial charge in [-0.2, -0.15) is 0 Å². The van der Waals surface area contributed by atoms with Gasteiger partial charge in [-0.3, -0.25) is 0 Å². The maximum atomic E-state index is 5.44. The Morgan fingerprint density at radius 2 is 2.42 bits per heavy atom. The van der Waals surface area contributed by atoms with Crippen molar-refractivity contribution in [1.82, 2.24) is 5.32 Å². The van der Waals surface area contributed by atoms with E-state index >= 15 is 0 Å². The van der Waals surface area contributed by atoms with Crippen LogP contribution in [0.25, 0.3) is 0 Å². The summed E-state index contributed by atoms with van der Waals surface area (Å²) < 4.78 is 5.44. The van der Waals surface area contributed by atoms with Crippen molar-refractivity contribution >= 4 is 0 Å². The predicted octanol–water partition coefficient (Wildman–Crippen LogP) is 1.88. The highest BCUT2D eigenvalue weighted by atomic mass is 16.3. The van der Waals surface area contributed by atoms with E-state index in [2.05, 4.69) is 11.4 Å². The molecule has 1 saturated carbocycles. The summed E-state index contributed by atoms with van der Waals surface area (Å²) in [6, 6.07) is 2.68. The maximum Gasteiger partial charge on any atom is 0.109 e. The van der Waals surface area contributed by atoms with Crippen LogP contribution in [0.3, 0.4) is 0 Å². The van der Waals surface area contributed by atoms with Crippen molar-refractivity contribution in [3.05, 3.63) is 23.7 Å². The first-order valence-corrected chi connectivity index (χ1v) is 4.59. The zero-order valence-corrected chi connectivity index (χ0v) is 7.26. The molecule has 1 unspecified atom stereocenters. The average molecular weight is 163 g/mol. The summed E-state index contributed by atoms with van der Waals surface area (Å²) in [5.74, 6) is 1.21. The molecule has 2 nitrogen and oxygen atoms in total. The molecule has 3 rings (SSSR count). The zero-order valence-electron chi connectivity index (χ0n) is 7.26. The molecule has 64 valence electrons. The quantitative estimate of drug-likeness (QED) is 0.683. The van der Waals surface area contributed by atoms with E-state index < -0.39 is 0 Å². The largest absolute Gasteiger partial charge is 0.469 e. The molecule has 0 bridgehead atoms. The van der Waals surface area contributed by atoms with Crippen molar-refractivity contribution < 1.29 is 4.42 Å². The molecule has 1 fully saturated rings. The van der Waals surface area contributed by atoms with Gasteiger partial charge >= 0.3 is 0 Å². The zero-order chi connectivity index (χ0) is 8.18. The van der Waals surface area contributed by atoms with Gasteiger partial charge in [-0.25, -0.2) is 0 Å². The highest BCUT2D eigenvalue weighted by Gasteiger charge is 2.55. The van der Waals surface area contributed by atoms with Gasteiger partial charge in [-0.05, 0) is 31.4 Å². The Balaban J connectivity index is 2.07. The van der Waals surface area contributed by atoms with Gasteiger partial charge in [0.15, 0.2) is 0 Å². The first-order valence-electron chi connectivity index (χ1n) is 4.59. The number of rotatable bonds is 1. The summed E-state index contributed by atoms with van der Waals surface area (Å²) in [4.78, 5) is 0. The van der Waals surface area contributed by atoms with Crippen molar-refractivity contribution in [2.75, 3.05) is 7.05 Å². The highest BCUT2D eigenvalue weighted by Crippen LogP contribution is 2.61. The van der Waals surface area contributed by atoms with Crippen molar-refractivity contribution in [2.24, 2.45) is 5.41 Å². The van der Waals surface area contributed by atoms with E-state index in [1.807, 2.05) is 13.3 Å². The number of hydrogen-bond acceptors (Lipinski definition) is 2. The predicted molar refractivity (Wildman–Crippen MR) is 45.9 cm³/mol. The van der Waals surface area contributed by atoms with Crippen LogP contribution in [-0.2, 0) is 6.42 Å². The fourth-order valence-electron chi connectivity index (χ4n) is 2.59. The van der Waals surface area contributed by atoms with Crippen LogP contribution >= 0.6 is 0 Å².